The van der Waals surface area contributed by atoms with Crippen LogP contribution in [-0.2, 0) is 9.53 Å². The van der Waals surface area contributed by atoms with E-state index in [1.165, 1.54) is 26.4 Å². The number of piperidine rings is 1. The van der Waals surface area contributed by atoms with Crippen molar-refractivity contribution in [2.24, 2.45) is 5.92 Å². The highest BCUT2D eigenvalue weighted by Crippen LogP contribution is 2.24. The summed E-state index contributed by atoms with van der Waals surface area (Å²) in [4.78, 5) is 42.5. The van der Waals surface area contributed by atoms with Gasteiger partial charge < -0.3 is 19.9 Å². The van der Waals surface area contributed by atoms with Crippen LogP contribution in [0.5, 0.6) is 0 Å². The van der Waals surface area contributed by atoms with Gasteiger partial charge in [-0.2, -0.15) is 0 Å². The van der Waals surface area contributed by atoms with E-state index in [0.717, 1.165) is 25.7 Å². The number of rotatable bonds is 4. The molecule has 2 amide bonds. The first-order valence-electron chi connectivity index (χ1n) is 10.3. The van der Waals surface area contributed by atoms with Gasteiger partial charge in [-0.25, -0.2) is 4.79 Å². The molecule has 0 bridgehead atoms. The highest BCUT2D eigenvalue weighted by Gasteiger charge is 2.32. The number of amides is 2. The fourth-order valence-corrected chi connectivity index (χ4v) is 4.47. The molecule has 7 heteroatoms. The van der Waals surface area contributed by atoms with E-state index in [-0.39, 0.29) is 23.8 Å². The third-order valence-electron chi connectivity index (χ3n) is 6.07. The summed E-state index contributed by atoms with van der Waals surface area (Å²) in [5, 5.41) is 3.19. The molecule has 1 aromatic rings. The molecule has 1 aliphatic heterocycles. The third-order valence-corrected chi connectivity index (χ3v) is 6.07. The number of esters is 1. The lowest BCUT2D eigenvalue weighted by molar-refractivity contribution is -0.127. The summed E-state index contributed by atoms with van der Waals surface area (Å²) in [6.07, 6.45) is 7.31. The maximum absolute atomic E-state index is 13.1. The van der Waals surface area contributed by atoms with Crippen molar-refractivity contribution in [1.29, 1.82) is 0 Å². The lowest BCUT2D eigenvalue weighted by atomic mass is 9.93. The number of aromatic amines is 1. The second-order valence-electron chi connectivity index (χ2n) is 8.05. The molecule has 2 N–H and O–H groups in total. The summed E-state index contributed by atoms with van der Waals surface area (Å²) in [6.45, 7) is 4.55. The SMILES string of the molecule is COC(=O)c1c(C)[nH]c(C(=O)N2CCC[C@H](C(=O)NC3CCCCC3)C2)c1C. The van der Waals surface area contributed by atoms with Crippen molar-refractivity contribution in [3.63, 3.8) is 0 Å². The molecule has 2 heterocycles. The monoisotopic (exact) mass is 389 g/mol. The molecule has 154 valence electrons. The Morgan fingerprint density at radius 2 is 1.79 bits per heavy atom. The number of hydrogen-bond donors (Lipinski definition) is 2. The second-order valence-corrected chi connectivity index (χ2v) is 8.05. The van der Waals surface area contributed by atoms with Crippen molar-refractivity contribution < 1.29 is 19.1 Å². The average Bonchev–Trinajstić information content (AvgIpc) is 3.01. The number of hydrogen-bond acceptors (Lipinski definition) is 4. The van der Waals surface area contributed by atoms with Gasteiger partial charge in [-0.1, -0.05) is 19.3 Å². The van der Waals surface area contributed by atoms with Crippen LogP contribution >= 0.6 is 0 Å². The van der Waals surface area contributed by atoms with Crippen LogP contribution in [0.15, 0.2) is 0 Å². The number of H-pyrrole nitrogens is 1. The van der Waals surface area contributed by atoms with E-state index >= 15 is 0 Å². The standard InChI is InChI=1S/C21H31N3O4/c1-13-17(21(27)28-3)14(2)22-18(13)20(26)24-11-7-8-15(12-24)19(25)23-16-9-5-4-6-10-16/h15-16,22H,4-12H2,1-3H3,(H,23,25)/t15-/m0/s1. The second kappa shape index (κ2) is 8.80. The summed E-state index contributed by atoms with van der Waals surface area (Å²) in [7, 11) is 1.33. The number of carbonyl (C=O) groups excluding carboxylic acids is 3. The van der Waals surface area contributed by atoms with Crippen molar-refractivity contribution in [3.05, 3.63) is 22.5 Å². The van der Waals surface area contributed by atoms with E-state index in [9.17, 15) is 14.4 Å². The Labute approximate surface area is 166 Å². The molecule has 7 nitrogen and oxygen atoms in total. The fraction of sp³-hybridized carbons (Fsp3) is 0.667. The van der Waals surface area contributed by atoms with Crippen molar-refractivity contribution in [2.45, 2.75) is 64.8 Å². The van der Waals surface area contributed by atoms with E-state index in [0.29, 0.717) is 35.6 Å². The van der Waals surface area contributed by atoms with Crippen LogP contribution in [0.2, 0.25) is 0 Å². The normalized spacial score (nSPS) is 20.7. The van der Waals surface area contributed by atoms with Crippen LogP contribution in [0.25, 0.3) is 0 Å². The molecule has 1 atom stereocenters. The highest BCUT2D eigenvalue weighted by molar-refractivity contribution is 6.00. The predicted octanol–water partition coefficient (Wildman–Crippen LogP) is 2.72. The highest BCUT2D eigenvalue weighted by atomic mass is 16.5. The zero-order chi connectivity index (χ0) is 20.3. The topological polar surface area (TPSA) is 91.5 Å². The Morgan fingerprint density at radius 1 is 1.07 bits per heavy atom. The number of aromatic nitrogens is 1. The molecule has 0 radical (unpaired) electrons. The Hall–Kier alpha value is -2.31. The first kappa shape index (κ1) is 20.4. The van der Waals surface area contributed by atoms with Gasteiger partial charge in [0.1, 0.15) is 5.69 Å². The summed E-state index contributed by atoms with van der Waals surface area (Å²) < 4.78 is 4.82. The summed E-state index contributed by atoms with van der Waals surface area (Å²) in [5.41, 5.74) is 2.04. The van der Waals surface area contributed by atoms with E-state index in [1.54, 1.807) is 18.7 Å². The summed E-state index contributed by atoms with van der Waals surface area (Å²) in [5.74, 6) is -0.713. The number of methoxy groups -OCH3 is 1. The van der Waals surface area contributed by atoms with Gasteiger partial charge in [-0.05, 0) is 45.1 Å². The molecule has 3 rings (SSSR count). The number of carbonyl (C=O) groups is 3. The smallest absolute Gasteiger partial charge is 0.339 e. The number of nitrogens with zero attached hydrogens (tertiary/aromatic N) is 1. The summed E-state index contributed by atoms with van der Waals surface area (Å²) in [6, 6.07) is 0.281. The molecule has 0 unspecified atom stereocenters. The molecule has 2 aliphatic rings. The van der Waals surface area contributed by atoms with Gasteiger partial charge >= 0.3 is 5.97 Å². The number of ether oxygens (including phenoxy) is 1. The van der Waals surface area contributed by atoms with Crippen molar-refractivity contribution in [1.82, 2.24) is 15.2 Å². The third kappa shape index (κ3) is 4.23. The van der Waals surface area contributed by atoms with Gasteiger partial charge in [0.15, 0.2) is 0 Å². The molecule has 1 aromatic heterocycles. The van der Waals surface area contributed by atoms with Gasteiger partial charge in [0, 0.05) is 24.8 Å². The molecular formula is C21H31N3O4. The number of aryl methyl sites for hydroxylation is 1. The van der Waals surface area contributed by atoms with Gasteiger partial charge in [-0.15, -0.1) is 0 Å². The van der Waals surface area contributed by atoms with Gasteiger partial charge in [0.25, 0.3) is 5.91 Å². The van der Waals surface area contributed by atoms with Crippen LogP contribution in [0.4, 0.5) is 0 Å². The first-order valence-corrected chi connectivity index (χ1v) is 10.3. The Kier molecular flexibility index (Phi) is 6.42. The van der Waals surface area contributed by atoms with E-state index in [2.05, 4.69) is 10.3 Å². The summed E-state index contributed by atoms with van der Waals surface area (Å²) >= 11 is 0. The molecule has 1 saturated carbocycles. The zero-order valence-corrected chi connectivity index (χ0v) is 17.1. The van der Waals surface area contributed by atoms with Gasteiger partial charge in [0.2, 0.25) is 5.91 Å². The minimum atomic E-state index is -0.450. The van der Waals surface area contributed by atoms with Crippen LogP contribution in [0.1, 0.15) is 77.0 Å². The van der Waals surface area contributed by atoms with E-state index in [1.807, 2.05) is 0 Å². The Balaban J connectivity index is 1.67. The quantitative estimate of drug-likeness (QED) is 0.775. The molecule has 0 aromatic carbocycles. The lowest BCUT2D eigenvalue weighted by Crippen LogP contribution is -2.48. The Morgan fingerprint density at radius 3 is 2.46 bits per heavy atom. The average molecular weight is 389 g/mol. The molecule has 1 aliphatic carbocycles. The maximum atomic E-state index is 13.1. The van der Waals surface area contributed by atoms with Crippen LogP contribution in [0, 0.1) is 19.8 Å². The van der Waals surface area contributed by atoms with E-state index < -0.39 is 5.97 Å². The van der Waals surface area contributed by atoms with Crippen LogP contribution in [-0.4, -0.2) is 53.9 Å². The van der Waals surface area contributed by atoms with Crippen molar-refractivity contribution in [2.75, 3.05) is 20.2 Å². The Bertz CT molecular complexity index is 749. The lowest BCUT2D eigenvalue weighted by Gasteiger charge is -2.33. The number of nitrogens with one attached hydrogen (secondary N) is 2. The molecule has 0 spiro atoms. The maximum Gasteiger partial charge on any atom is 0.339 e. The van der Waals surface area contributed by atoms with E-state index in [4.69, 9.17) is 4.74 Å². The first-order chi connectivity index (χ1) is 13.4. The molecule has 1 saturated heterocycles. The fourth-order valence-electron chi connectivity index (χ4n) is 4.47. The van der Waals surface area contributed by atoms with Crippen molar-refractivity contribution in [3.8, 4) is 0 Å². The predicted molar refractivity (Wildman–Crippen MR) is 105 cm³/mol. The van der Waals surface area contributed by atoms with Gasteiger partial charge in [-0.3, -0.25) is 9.59 Å². The molecule has 2 fully saturated rings. The van der Waals surface area contributed by atoms with Gasteiger partial charge in [0.05, 0.1) is 18.6 Å². The van der Waals surface area contributed by atoms with Crippen molar-refractivity contribution >= 4 is 17.8 Å². The number of likely N-dealkylation sites (tertiary alicyclic amines) is 1. The zero-order valence-electron chi connectivity index (χ0n) is 17.1. The van der Waals surface area contributed by atoms with Crippen LogP contribution < -0.4 is 5.32 Å². The van der Waals surface area contributed by atoms with Crippen LogP contribution in [0.3, 0.4) is 0 Å². The molecule has 28 heavy (non-hydrogen) atoms. The molecular weight excluding hydrogens is 358 g/mol. The minimum absolute atomic E-state index is 0.0686. The minimum Gasteiger partial charge on any atom is -0.465 e. The largest absolute Gasteiger partial charge is 0.465 e.